The molecule has 1 heterocycles. The number of hydrogen-bond donors (Lipinski definition) is 1. The Kier molecular flexibility index (Phi) is 5.46. The maximum atomic E-state index is 5.52. The predicted molar refractivity (Wildman–Crippen MR) is 87.1 cm³/mol. The normalized spacial score (nSPS) is 12.2. The first-order valence-corrected chi connectivity index (χ1v) is 8.07. The highest BCUT2D eigenvalue weighted by Crippen LogP contribution is 2.41. The van der Waals surface area contributed by atoms with Crippen molar-refractivity contribution in [1.29, 1.82) is 0 Å². The second kappa shape index (κ2) is 7.11. The summed E-state index contributed by atoms with van der Waals surface area (Å²) < 4.78 is 12.1. The average molecular weight is 356 g/mol. The van der Waals surface area contributed by atoms with E-state index in [0.717, 1.165) is 28.1 Å². The fourth-order valence-corrected chi connectivity index (χ4v) is 3.89. The number of halogens is 1. The van der Waals surface area contributed by atoms with Crippen molar-refractivity contribution in [2.24, 2.45) is 0 Å². The molecule has 0 fully saturated rings. The van der Waals surface area contributed by atoms with Crippen LogP contribution < -0.4 is 14.8 Å². The summed E-state index contributed by atoms with van der Waals surface area (Å²) in [6, 6.07) is 7.97. The molecule has 0 saturated carbocycles. The van der Waals surface area contributed by atoms with E-state index in [9.17, 15) is 0 Å². The van der Waals surface area contributed by atoms with Crippen molar-refractivity contribution in [3.63, 3.8) is 0 Å². The Morgan fingerprint density at radius 1 is 1.20 bits per heavy atom. The van der Waals surface area contributed by atoms with Gasteiger partial charge in [0.25, 0.3) is 0 Å². The molecular weight excluding hydrogens is 338 g/mol. The molecule has 0 saturated heterocycles. The molecule has 0 aliphatic carbocycles. The van der Waals surface area contributed by atoms with Gasteiger partial charge < -0.3 is 14.8 Å². The van der Waals surface area contributed by atoms with E-state index < -0.39 is 0 Å². The zero-order valence-electron chi connectivity index (χ0n) is 11.8. The van der Waals surface area contributed by atoms with Crippen LogP contribution >= 0.6 is 27.3 Å². The molecule has 0 aliphatic heterocycles. The molecule has 0 spiro atoms. The van der Waals surface area contributed by atoms with E-state index in [0.29, 0.717) is 0 Å². The predicted octanol–water partition coefficient (Wildman–Crippen LogP) is 4.23. The number of benzene rings is 1. The number of nitrogens with one attached hydrogen (secondary N) is 1. The largest absolute Gasteiger partial charge is 0.496 e. The third kappa shape index (κ3) is 3.00. The number of methoxy groups -OCH3 is 2. The smallest absolute Gasteiger partial charge is 0.127 e. The Balaban J connectivity index is 2.57. The molecule has 1 atom stereocenters. The third-order valence-electron chi connectivity index (χ3n) is 3.07. The van der Waals surface area contributed by atoms with Crippen LogP contribution in [-0.2, 0) is 0 Å². The molecule has 108 valence electrons. The van der Waals surface area contributed by atoms with Crippen molar-refractivity contribution < 1.29 is 9.47 Å². The van der Waals surface area contributed by atoms with Gasteiger partial charge in [-0.3, -0.25) is 0 Å². The van der Waals surface area contributed by atoms with Crippen molar-refractivity contribution in [2.45, 2.75) is 13.0 Å². The number of rotatable bonds is 6. The van der Waals surface area contributed by atoms with Gasteiger partial charge in [-0.05, 0) is 46.1 Å². The van der Waals surface area contributed by atoms with Gasteiger partial charge in [0, 0.05) is 9.35 Å². The highest BCUT2D eigenvalue weighted by Gasteiger charge is 2.24. The monoisotopic (exact) mass is 355 g/mol. The van der Waals surface area contributed by atoms with Crippen molar-refractivity contribution in [3.8, 4) is 11.5 Å². The zero-order chi connectivity index (χ0) is 14.5. The lowest BCUT2D eigenvalue weighted by molar-refractivity contribution is 0.378. The summed E-state index contributed by atoms with van der Waals surface area (Å²) in [5.74, 6) is 1.66. The minimum Gasteiger partial charge on any atom is -0.496 e. The van der Waals surface area contributed by atoms with E-state index >= 15 is 0 Å². The summed E-state index contributed by atoms with van der Waals surface area (Å²) in [5, 5.41) is 5.59. The average Bonchev–Trinajstić information content (AvgIpc) is 2.90. The lowest BCUT2D eigenvalue weighted by Gasteiger charge is -2.22. The van der Waals surface area contributed by atoms with Crippen LogP contribution in [0.1, 0.15) is 23.4 Å². The first-order valence-electron chi connectivity index (χ1n) is 6.40. The van der Waals surface area contributed by atoms with Gasteiger partial charge in [0.2, 0.25) is 0 Å². The summed E-state index contributed by atoms with van der Waals surface area (Å²) in [6.45, 7) is 2.95. The van der Waals surface area contributed by atoms with Crippen molar-refractivity contribution in [3.05, 3.63) is 44.6 Å². The number of ether oxygens (including phenoxy) is 2. The SMILES string of the molecule is CCNC(c1sccc1Br)c1c(OC)cccc1OC. The van der Waals surface area contributed by atoms with Crippen LogP contribution in [0.25, 0.3) is 0 Å². The van der Waals surface area contributed by atoms with E-state index in [1.807, 2.05) is 18.2 Å². The quantitative estimate of drug-likeness (QED) is 0.840. The van der Waals surface area contributed by atoms with Crippen LogP contribution in [0.3, 0.4) is 0 Å². The zero-order valence-corrected chi connectivity index (χ0v) is 14.2. The first kappa shape index (κ1) is 15.4. The Bertz CT molecular complexity index is 549. The summed E-state index contributed by atoms with van der Waals surface area (Å²) in [6.07, 6.45) is 0. The fourth-order valence-electron chi connectivity index (χ4n) is 2.21. The summed E-state index contributed by atoms with van der Waals surface area (Å²) >= 11 is 5.33. The fraction of sp³-hybridized carbons (Fsp3) is 0.333. The minimum absolute atomic E-state index is 0.0421. The van der Waals surface area contributed by atoms with Crippen molar-refractivity contribution in [1.82, 2.24) is 5.32 Å². The van der Waals surface area contributed by atoms with Crippen molar-refractivity contribution >= 4 is 27.3 Å². The van der Waals surface area contributed by atoms with Crippen LogP contribution in [0.15, 0.2) is 34.1 Å². The summed E-state index contributed by atoms with van der Waals surface area (Å²) in [7, 11) is 3.37. The molecule has 20 heavy (non-hydrogen) atoms. The van der Waals surface area contributed by atoms with Crippen LogP contribution in [0, 0.1) is 0 Å². The molecule has 5 heteroatoms. The Morgan fingerprint density at radius 3 is 2.30 bits per heavy atom. The highest BCUT2D eigenvalue weighted by molar-refractivity contribution is 9.10. The van der Waals surface area contributed by atoms with E-state index in [4.69, 9.17) is 9.47 Å². The van der Waals surface area contributed by atoms with Gasteiger partial charge in [-0.1, -0.05) is 13.0 Å². The van der Waals surface area contributed by atoms with Crippen LogP contribution in [0.5, 0.6) is 11.5 Å². The second-order valence-electron chi connectivity index (χ2n) is 4.20. The second-order valence-corrected chi connectivity index (χ2v) is 6.00. The molecule has 2 rings (SSSR count). The van der Waals surface area contributed by atoms with Gasteiger partial charge in [0.15, 0.2) is 0 Å². The van der Waals surface area contributed by atoms with Gasteiger partial charge in [-0.15, -0.1) is 11.3 Å². The van der Waals surface area contributed by atoms with E-state index in [2.05, 4.69) is 39.6 Å². The molecule has 0 aliphatic rings. The summed E-state index contributed by atoms with van der Waals surface area (Å²) in [5.41, 5.74) is 1.03. The molecule has 1 unspecified atom stereocenters. The van der Waals surface area contributed by atoms with Crippen molar-refractivity contribution in [2.75, 3.05) is 20.8 Å². The Hall–Kier alpha value is -1.04. The molecule has 1 aromatic carbocycles. The van der Waals surface area contributed by atoms with Crippen LogP contribution in [0.2, 0.25) is 0 Å². The lowest BCUT2D eigenvalue weighted by Crippen LogP contribution is -2.22. The highest BCUT2D eigenvalue weighted by atomic mass is 79.9. The molecule has 1 N–H and O–H groups in total. The minimum atomic E-state index is 0.0421. The van der Waals surface area contributed by atoms with Gasteiger partial charge in [0.1, 0.15) is 11.5 Å². The first-order chi connectivity index (χ1) is 9.72. The van der Waals surface area contributed by atoms with Crippen LogP contribution in [0.4, 0.5) is 0 Å². The molecule has 0 amide bonds. The van der Waals surface area contributed by atoms with E-state index in [-0.39, 0.29) is 6.04 Å². The maximum absolute atomic E-state index is 5.52. The standard InChI is InChI=1S/C15H18BrNO2S/c1-4-17-14(15-10(16)8-9-20-15)13-11(18-2)6-5-7-12(13)19-3/h5-9,14,17H,4H2,1-3H3. The maximum Gasteiger partial charge on any atom is 0.127 e. The topological polar surface area (TPSA) is 30.5 Å². The molecule has 2 aromatic rings. The Morgan fingerprint density at radius 2 is 1.85 bits per heavy atom. The van der Waals surface area contributed by atoms with Gasteiger partial charge >= 0.3 is 0 Å². The van der Waals surface area contributed by atoms with Gasteiger partial charge in [0.05, 0.1) is 25.8 Å². The van der Waals surface area contributed by atoms with Gasteiger partial charge in [-0.2, -0.15) is 0 Å². The molecular formula is C15H18BrNO2S. The molecule has 3 nitrogen and oxygen atoms in total. The van der Waals surface area contributed by atoms with E-state index in [1.165, 1.54) is 4.88 Å². The van der Waals surface area contributed by atoms with Gasteiger partial charge in [-0.25, -0.2) is 0 Å². The number of hydrogen-bond acceptors (Lipinski definition) is 4. The summed E-state index contributed by atoms with van der Waals surface area (Å²) in [4.78, 5) is 1.22. The molecule has 0 bridgehead atoms. The van der Waals surface area contributed by atoms with Crippen LogP contribution in [-0.4, -0.2) is 20.8 Å². The third-order valence-corrected chi connectivity index (χ3v) is 5.01. The number of thiophene rings is 1. The lowest BCUT2D eigenvalue weighted by atomic mass is 10.0. The molecule has 1 aromatic heterocycles. The molecule has 0 radical (unpaired) electrons. The Labute approximate surface area is 132 Å². The van der Waals surface area contributed by atoms with E-state index in [1.54, 1.807) is 25.6 Å².